The summed E-state index contributed by atoms with van der Waals surface area (Å²) in [7, 11) is 0. The second kappa shape index (κ2) is 5.64. The van der Waals surface area contributed by atoms with Gasteiger partial charge in [-0.1, -0.05) is 6.92 Å². The Balaban J connectivity index is 2.38. The molecule has 1 fully saturated rings. The van der Waals surface area contributed by atoms with Gasteiger partial charge in [-0.25, -0.2) is 0 Å². The van der Waals surface area contributed by atoms with Crippen molar-refractivity contribution in [2.45, 2.75) is 45.7 Å². The molecule has 0 aromatic carbocycles. The molecule has 2 N–H and O–H groups in total. The SMILES string of the molecule is CCC(C)(C)NC(=O)CN1CCNC[C@@H]1C. The van der Waals surface area contributed by atoms with Gasteiger partial charge in [-0.05, 0) is 27.2 Å². The second-order valence-corrected chi connectivity index (χ2v) is 5.31. The van der Waals surface area contributed by atoms with Crippen LogP contribution in [0.15, 0.2) is 0 Å². The van der Waals surface area contributed by atoms with Gasteiger partial charge in [0, 0.05) is 31.2 Å². The Morgan fingerprint density at radius 2 is 2.25 bits per heavy atom. The largest absolute Gasteiger partial charge is 0.350 e. The van der Waals surface area contributed by atoms with Crippen LogP contribution in [0.5, 0.6) is 0 Å². The average Bonchev–Trinajstić information content (AvgIpc) is 2.21. The van der Waals surface area contributed by atoms with Crippen LogP contribution in [-0.4, -0.2) is 48.6 Å². The van der Waals surface area contributed by atoms with E-state index in [4.69, 9.17) is 0 Å². The first-order valence-electron chi connectivity index (χ1n) is 6.20. The summed E-state index contributed by atoms with van der Waals surface area (Å²) < 4.78 is 0. The molecule has 1 rings (SSSR count). The van der Waals surface area contributed by atoms with Gasteiger partial charge >= 0.3 is 0 Å². The lowest BCUT2D eigenvalue weighted by molar-refractivity contribution is -0.124. The smallest absolute Gasteiger partial charge is 0.234 e. The molecule has 4 nitrogen and oxygen atoms in total. The van der Waals surface area contributed by atoms with Gasteiger partial charge < -0.3 is 10.6 Å². The van der Waals surface area contributed by atoms with Crippen molar-refractivity contribution >= 4 is 5.91 Å². The number of piperazine rings is 1. The van der Waals surface area contributed by atoms with Crippen molar-refractivity contribution in [1.82, 2.24) is 15.5 Å². The van der Waals surface area contributed by atoms with Crippen molar-refractivity contribution in [3.05, 3.63) is 0 Å². The summed E-state index contributed by atoms with van der Waals surface area (Å²) in [6.45, 7) is 11.8. The summed E-state index contributed by atoms with van der Waals surface area (Å²) >= 11 is 0. The van der Waals surface area contributed by atoms with Gasteiger partial charge in [-0.3, -0.25) is 9.69 Å². The van der Waals surface area contributed by atoms with Crippen molar-refractivity contribution in [2.24, 2.45) is 0 Å². The topological polar surface area (TPSA) is 44.4 Å². The maximum Gasteiger partial charge on any atom is 0.234 e. The van der Waals surface area contributed by atoms with Gasteiger partial charge in [0.25, 0.3) is 0 Å². The van der Waals surface area contributed by atoms with Crippen LogP contribution in [0.25, 0.3) is 0 Å². The normalized spacial score (nSPS) is 23.1. The van der Waals surface area contributed by atoms with Crippen molar-refractivity contribution in [2.75, 3.05) is 26.2 Å². The Hall–Kier alpha value is -0.610. The molecule has 1 atom stereocenters. The van der Waals surface area contributed by atoms with Crippen LogP contribution in [0.3, 0.4) is 0 Å². The molecule has 1 amide bonds. The summed E-state index contributed by atoms with van der Waals surface area (Å²) in [5.41, 5.74) is -0.0889. The maximum absolute atomic E-state index is 11.9. The molecule has 16 heavy (non-hydrogen) atoms. The molecule has 4 heteroatoms. The molecule has 1 aliphatic rings. The molecule has 94 valence electrons. The third-order valence-corrected chi connectivity index (χ3v) is 3.35. The Kier molecular flexibility index (Phi) is 4.74. The van der Waals surface area contributed by atoms with Gasteiger partial charge in [0.15, 0.2) is 0 Å². The molecular formula is C12H25N3O. The minimum absolute atomic E-state index is 0.0889. The van der Waals surface area contributed by atoms with Crippen molar-refractivity contribution in [3.8, 4) is 0 Å². The van der Waals surface area contributed by atoms with E-state index >= 15 is 0 Å². The Labute approximate surface area is 98.8 Å². The zero-order chi connectivity index (χ0) is 12.2. The average molecular weight is 227 g/mol. The molecule has 1 heterocycles. The third kappa shape index (κ3) is 4.10. The monoisotopic (exact) mass is 227 g/mol. The fourth-order valence-electron chi connectivity index (χ4n) is 1.81. The van der Waals surface area contributed by atoms with E-state index in [-0.39, 0.29) is 11.4 Å². The maximum atomic E-state index is 11.9. The number of nitrogens with one attached hydrogen (secondary N) is 2. The molecule has 0 radical (unpaired) electrons. The highest BCUT2D eigenvalue weighted by Gasteiger charge is 2.23. The zero-order valence-electron chi connectivity index (χ0n) is 11.0. The highest BCUT2D eigenvalue weighted by atomic mass is 16.2. The summed E-state index contributed by atoms with van der Waals surface area (Å²) in [5, 5.41) is 6.40. The number of nitrogens with zero attached hydrogens (tertiary/aromatic N) is 1. The predicted octanol–water partition coefficient (Wildman–Crippen LogP) is 0.585. The molecular weight excluding hydrogens is 202 g/mol. The number of rotatable bonds is 4. The zero-order valence-corrected chi connectivity index (χ0v) is 11.0. The fourth-order valence-corrected chi connectivity index (χ4v) is 1.81. The molecule has 0 aliphatic carbocycles. The Morgan fingerprint density at radius 3 is 2.81 bits per heavy atom. The minimum atomic E-state index is -0.0889. The van der Waals surface area contributed by atoms with Crippen LogP contribution < -0.4 is 10.6 Å². The van der Waals surface area contributed by atoms with E-state index in [0.29, 0.717) is 12.6 Å². The van der Waals surface area contributed by atoms with Crippen molar-refractivity contribution < 1.29 is 4.79 Å². The van der Waals surface area contributed by atoms with Crippen LogP contribution in [0.1, 0.15) is 34.1 Å². The summed E-state index contributed by atoms with van der Waals surface area (Å²) in [5.74, 6) is 0.139. The van der Waals surface area contributed by atoms with Crippen LogP contribution >= 0.6 is 0 Å². The number of hydrogen-bond acceptors (Lipinski definition) is 3. The van der Waals surface area contributed by atoms with Gasteiger partial charge in [-0.2, -0.15) is 0 Å². The third-order valence-electron chi connectivity index (χ3n) is 3.35. The highest BCUT2D eigenvalue weighted by Crippen LogP contribution is 2.07. The van der Waals surface area contributed by atoms with E-state index in [9.17, 15) is 4.79 Å². The number of amides is 1. The second-order valence-electron chi connectivity index (χ2n) is 5.31. The van der Waals surface area contributed by atoms with Gasteiger partial charge in [0.2, 0.25) is 5.91 Å². The number of carbonyl (C=O) groups is 1. The molecule has 0 aromatic rings. The minimum Gasteiger partial charge on any atom is -0.350 e. The molecule has 0 aromatic heterocycles. The van der Waals surface area contributed by atoms with Crippen LogP contribution in [-0.2, 0) is 4.79 Å². The lowest BCUT2D eigenvalue weighted by Gasteiger charge is -2.34. The quantitative estimate of drug-likeness (QED) is 0.738. The molecule has 1 aliphatic heterocycles. The lowest BCUT2D eigenvalue weighted by Crippen LogP contribution is -2.54. The van der Waals surface area contributed by atoms with E-state index in [2.05, 4.69) is 43.2 Å². The summed E-state index contributed by atoms with van der Waals surface area (Å²) in [6.07, 6.45) is 0.954. The molecule has 0 unspecified atom stereocenters. The predicted molar refractivity (Wildman–Crippen MR) is 66.4 cm³/mol. The Morgan fingerprint density at radius 1 is 1.56 bits per heavy atom. The highest BCUT2D eigenvalue weighted by molar-refractivity contribution is 5.78. The number of carbonyl (C=O) groups excluding carboxylic acids is 1. The van der Waals surface area contributed by atoms with Crippen molar-refractivity contribution in [3.63, 3.8) is 0 Å². The first kappa shape index (κ1) is 13.5. The fraction of sp³-hybridized carbons (Fsp3) is 0.917. The molecule has 0 spiro atoms. The summed E-state index contributed by atoms with van der Waals surface area (Å²) in [4.78, 5) is 14.1. The van der Waals surface area contributed by atoms with Crippen LogP contribution in [0.4, 0.5) is 0 Å². The Bertz CT molecular complexity index is 240. The summed E-state index contributed by atoms with van der Waals surface area (Å²) in [6, 6.07) is 0.448. The molecule has 0 saturated carbocycles. The standard InChI is InChI=1S/C12H25N3O/c1-5-12(3,4)14-11(16)9-15-7-6-13-8-10(15)2/h10,13H,5-9H2,1-4H3,(H,14,16)/t10-/m0/s1. The lowest BCUT2D eigenvalue weighted by atomic mass is 10.0. The van der Waals surface area contributed by atoms with Gasteiger partial charge in [-0.15, -0.1) is 0 Å². The van der Waals surface area contributed by atoms with Gasteiger partial charge in [0.05, 0.1) is 6.54 Å². The van der Waals surface area contributed by atoms with E-state index in [1.807, 2.05) is 0 Å². The van der Waals surface area contributed by atoms with E-state index in [0.717, 1.165) is 26.1 Å². The van der Waals surface area contributed by atoms with Crippen LogP contribution in [0.2, 0.25) is 0 Å². The first-order valence-corrected chi connectivity index (χ1v) is 6.20. The van der Waals surface area contributed by atoms with Crippen molar-refractivity contribution in [1.29, 1.82) is 0 Å². The van der Waals surface area contributed by atoms with Gasteiger partial charge in [0.1, 0.15) is 0 Å². The van der Waals surface area contributed by atoms with Crippen LogP contribution in [0, 0.1) is 0 Å². The molecule has 0 bridgehead atoms. The van der Waals surface area contributed by atoms with E-state index < -0.39 is 0 Å². The number of hydrogen-bond donors (Lipinski definition) is 2. The van der Waals surface area contributed by atoms with E-state index in [1.165, 1.54) is 0 Å². The molecule has 1 saturated heterocycles. The van der Waals surface area contributed by atoms with E-state index in [1.54, 1.807) is 0 Å². The first-order chi connectivity index (χ1) is 7.44.